The largest absolute Gasteiger partial charge is 0.495 e. The van der Waals surface area contributed by atoms with Crippen LogP contribution in [0.4, 0.5) is 17.2 Å². The van der Waals surface area contributed by atoms with E-state index in [-0.39, 0.29) is 50.1 Å². The van der Waals surface area contributed by atoms with Gasteiger partial charge in [-0.3, -0.25) is 23.9 Å². The molecule has 0 bridgehead atoms. The average Bonchev–Trinajstić information content (AvgIpc) is 3.19. The number of amides is 2. The summed E-state index contributed by atoms with van der Waals surface area (Å²) in [6.07, 6.45) is 0.513. The van der Waals surface area contributed by atoms with Crippen molar-refractivity contribution < 1.29 is 19.1 Å². The molecule has 1 aliphatic rings. The normalized spacial score (nSPS) is 15.6. The molecule has 1 aromatic heterocycles. The molecule has 34 heavy (non-hydrogen) atoms. The zero-order valence-electron chi connectivity index (χ0n) is 19.3. The van der Waals surface area contributed by atoms with Gasteiger partial charge < -0.3 is 25.0 Å². The molecular weight excluding hydrogens is 466 g/mol. The van der Waals surface area contributed by atoms with E-state index in [1.54, 1.807) is 18.2 Å². The number of carbonyl (C=O) groups is 2. The first-order valence-electron chi connectivity index (χ1n) is 10.8. The number of hydrogen-bond donors (Lipinski definition) is 2. The topological polar surface area (TPSA) is 140 Å². The number of carbonyl (C=O) groups excluding carboxylic acids is 2. The second-order valence-corrected chi connectivity index (χ2v) is 8.29. The van der Waals surface area contributed by atoms with Crippen molar-refractivity contribution >= 4 is 40.6 Å². The summed E-state index contributed by atoms with van der Waals surface area (Å²) in [6, 6.07) is 4.87. The summed E-state index contributed by atoms with van der Waals surface area (Å²) in [5, 5.41) is 0.414. The minimum Gasteiger partial charge on any atom is -0.495 e. The Kier molecular flexibility index (Phi) is 8.00. The number of ether oxygens (including phenoxy) is 2. The third kappa shape index (κ3) is 4.95. The average molecular weight is 494 g/mol. The number of halogens is 1. The number of H-pyrrole nitrogens is 1. The van der Waals surface area contributed by atoms with E-state index in [0.29, 0.717) is 22.9 Å². The van der Waals surface area contributed by atoms with Gasteiger partial charge >= 0.3 is 5.69 Å². The van der Waals surface area contributed by atoms with Gasteiger partial charge in [0.05, 0.1) is 25.3 Å². The number of nitrogen functional groups attached to an aromatic ring is 1. The van der Waals surface area contributed by atoms with E-state index in [4.69, 9.17) is 26.8 Å². The molecule has 184 valence electrons. The van der Waals surface area contributed by atoms with Gasteiger partial charge in [0.15, 0.2) is 5.69 Å². The van der Waals surface area contributed by atoms with Gasteiger partial charge in [-0.1, -0.05) is 18.5 Å². The van der Waals surface area contributed by atoms with E-state index in [1.807, 2.05) is 6.92 Å². The van der Waals surface area contributed by atoms with Gasteiger partial charge in [0, 0.05) is 38.2 Å². The molecule has 2 aromatic rings. The number of rotatable bonds is 9. The highest BCUT2D eigenvalue weighted by Crippen LogP contribution is 2.36. The predicted octanol–water partition coefficient (Wildman–Crippen LogP) is 1.22. The van der Waals surface area contributed by atoms with E-state index < -0.39 is 23.1 Å². The van der Waals surface area contributed by atoms with Crippen molar-refractivity contribution in [3.8, 4) is 5.75 Å². The number of methoxy groups -OCH3 is 2. The molecule has 0 saturated carbocycles. The number of nitrogens with two attached hydrogens (primary N) is 1. The fraction of sp³-hybridized carbons (Fsp3) is 0.455. The molecule has 0 spiro atoms. The Morgan fingerprint density at radius 1 is 1.29 bits per heavy atom. The number of aromatic nitrogens is 2. The summed E-state index contributed by atoms with van der Waals surface area (Å²) >= 11 is 6.11. The van der Waals surface area contributed by atoms with E-state index in [2.05, 4.69) is 4.98 Å². The zero-order valence-corrected chi connectivity index (χ0v) is 20.1. The second kappa shape index (κ2) is 10.7. The summed E-state index contributed by atoms with van der Waals surface area (Å²) in [4.78, 5) is 56.2. The van der Waals surface area contributed by atoms with Crippen LogP contribution in [0.2, 0.25) is 5.02 Å². The van der Waals surface area contributed by atoms with E-state index in [1.165, 1.54) is 28.6 Å². The molecular formula is C22H28ClN5O6. The fourth-order valence-electron chi connectivity index (χ4n) is 4.00. The molecule has 2 heterocycles. The second-order valence-electron chi connectivity index (χ2n) is 7.85. The number of hydrogen-bond acceptors (Lipinski definition) is 7. The first kappa shape index (κ1) is 25.3. The maximum absolute atomic E-state index is 13.6. The van der Waals surface area contributed by atoms with Crippen molar-refractivity contribution in [3.05, 3.63) is 44.1 Å². The Morgan fingerprint density at radius 2 is 2.03 bits per heavy atom. The molecule has 0 radical (unpaired) electrons. The lowest BCUT2D eigenvalue weighted by molar-refractivity contribution is -0.124. The predicted molar refractivity (Wildman–Crippen MR) is 129 cm³/mol. The van der Waals surface area contributed by atoms with Crippen LogP contribution in [-0.2, 0) is 20.9 Å². The van der Waals surface area contributed by atoms with Gasteiger partial charge in [0.2, 0.25) is 11.8 Å². The van der Waals surface area contributed by atoms with Gasteiger partial charge in [-0.05, 0) is 24.6 Å². The number of nitrogens with zero attached hydrogens (tertiary/aromatic N) is 3. The van der Waals surface area contributed by atoms with Crippen molar-refractivity contribution in [2.24, 2.45) is 5.92 Å². The smallest absolute Gasteiger partial charge is 0.330 e. The SMILES string of the molecule is CCCn1c(N)c(N(CCOC)C(=O)C2CC(=O)N(c3cc(Cl)ccc3OC)C2)c(=O)[nH]c1=O. The summed E-state index contributed by atoms with van der Waals surface area (Å²) < 4.78 is 11.7. The molecule has 0 aliphatic carbocycles. The molecule has 1 aromatic carbocycles. The van der Waals surface area contributed by atoms with E-state index in [9.17, 15) is 19.2 Å². The Balaban J connectivity index is 1.99. The number of benzene rings is 1. The van der Waals surface area contributed by atoms with Crippen LogP contribution in [0.5, 0.6) is 5.75 Å². The van der Waals surface area contributed by atoms with E-state index in [0.717, 1.165) is 0 Å². The summed E-state index contributed by atoms with van der Waals surface area (Å²) in [5.41, 5.74) is 5.06. The molecule has 1 unspecified atom stereocenters. The third-order valence-electron chi connectivity index (χ3n) is 5.62. The quantitative estimate of drug-likeness (QED) is 0.535. The lowest BCUT2D eigenvalue weighted by atomic mass is 10.1. The number of aromatic amines is 1. The first-order valence-corrected chi connectivity index (χ1v) is 11.2. The summed E-state index contributed by atoms with van der Waals surface area (Å²) in [5.74, 6) is -1.21. The van der Waals surface area contributed by atoms with Crippen LogP contribution in [0, 0.1) is 5.92 Å². The Labute approximate surface area is 201 Å². The number of anilines is 3. The molecule has 11 nitrogen and oxygen atoms in total. The fourth-order valence-corrected chi connectivity index (χ4v) is 4.17. The maximum Gasteiger partial charge on any atom is 0.330 e. The van der Waals surface area contributed by atoms with Gasteiger partial charge in [0.25, 0.3) is 5.56 Å². The van der Waals surface area contributed by atoms with Crippen LogP contribution in [0.1, 0.15) is 19.8 Å². The number of nitrogens with one attached hydrogen (secondary N) is 1. The zero-order chi connectivity index (χ0) is 25.0. The van der Waals surface area contributed by atoms with Gasteiger partial charge in [-0.25, -0.2) is 4.79 Å². The van der Waals surface area contributed by atoms with Crippen molar-refractivity contribution in [3.63, 3.8) is 0 Å². The lowest BCUT2D eigenvalue weighted by Crippen LogP contribution is -2.45. The minimum atomic E-state index is -0.781. The van der Waals surface area contributed by atoms with Crippen LogP contribution in [0.25, 0.3) is 0 Å². The van der Waals surface area contributed by atoms with Gasteiger partial charge in [-0.2, -0.15) is 0 Å². The van der Waals surface area contributed by atoms with E-state index >= 15 is 0 Å². The molecule has 1 saturated heterocycles. The standard InChI is InChI=1S/C22H28ClN5O6/c1-4-7-27-19(24)18(20(30)25-22(27)32)26(8-9-33-2)21(31)13-10-17(29)28(12-13)15-11-14(23)5-6-16(15)34-3/h5-6,11,13H,4,7-10,12,24H2,1-3H3,(H,25,30,32). The highest BCUT2D eigenvalue weighted by atomic mass is 35.5. The highest BCUT2D eigenvalue weighted by molar-refractivity contribution is 6.31. The van der Waals surface area contributed by atoms with Crippen molar-refractivity contribution in [2.45, 2.75) is 26.3 Å². The van der Waals surface area contributed by atoms with Crippen LogP contribution < -0.4 is 31.5 Å². The Morgan fingerprint density at radius 3 is 2.68 bits per heavy atom. The Bertz CT molecular complexity index is 1190. The van der Waals surface area contributed by atoms with Crippen LogP contribution >= 0.6 is 11.6 Å². The molecule has 2 amide bonds. The Hall–Kier alpha value is -3.31. The molecule has 1 fully saturated rings. The molecule has 1 aliphatic heterocycles. The summed E-state index contributed by atoms with van der Waals surface area (Å²) in [6.45, 7) is 2.31. The minimum absolute atomic E-state index is 0.0120. The molecule has 3 rings (SSSR count). The van der Waals surface area contributed by atoms with Crippen molar-refractivity contribution in [1.29, 1.82) is 0 Å². The van der Waals surface area contributed by atoms with Crippen LogP contribution in [0.3, 0.4) is 0 Å². The van der Waals surface area contributed by atoms with Crippen LogP contribution in [-0.4, -0.2) is 55.3 Å². The van der Waals surface area contributed by atoms with Crippen molar-refractivity contribution in [1.82, 2.24) is 9.55 Å². The van der Waals surface area contributed by atoms with Crippen molar-refractivity contribution in [2.75, 3.05) is 49.4 Å². The monoisotopic (exact) mass is 493 g/mol. The molecule has 12 heteroatoms. The highest BCUT2D eigenvalue weighted by Gasteiger charge is 2.39. The molecule has 1 atom stereocenters. The summed E-state index contributed by atoms with van der Waals surface area (Å²) in [7, 11) is 2.93. The molecule has 3 N–H and O–H groups in total. The first-order chi connectivity index (χ1) is 16.2. The van der Waals surface area contributed by atoms with Gasteiger partial charge in [0.1, 0.15) is 11.6 Å². The maximum atomic E-state index is 13.6. The third-order valence-corrected chi connectivity index (χ3v) is 5.86. The van der Waals surface area contributed by atoms with Gasteiger partial charge in [-0.15, -0.1) is 0 Å². The van der Waals surface area contributed by atoms with Crippen LogP contribution in [0.15, 0.2) is 27.8 Å². The lowest BCUT2D eigenvalue weighted by Gasteiger charge is -2.27.